The number of benzene rings is 1. The summed E-state index contributed by atoms with van der Waals surface area (Å²) in [5.74, 6) is 0.988. The van der Waals surface area contributed by atoms with Crippen molar-refractivity contribution >= 4 is 5.91 Å². The van der Waals surface area contributed by atoms with Gasteiger partial charge in [0.05, 0.1) is 32.3 Å². The topological polar surface area (TPSA) is 76.2 Å². The zero-order valence-corrected chi connectivity index (χ0v) is 11.5. The van der Waals surface area contributed by atoms with Crippen molar-refractivity contribution in [1.29, 1.82) is 0 Å². The standard InChI is InChI=1S/C14H17N3O3/c1-3-20-12-5-4-10(6-13(12)19-2)14(18)16-8-11-7-15-9-17-11/h4-7,9H,3,8H2,1-2H3,(H,15,17)(H,16,18). The van der Waals surface area contributed by atoms with E-state index in [0.29, 0.717) is 30.2 Å². The molecule has 0 atom stereocenters. The van der Waals surface area contributed by atoms with Crippen LogP contribution in [-0.2, 0) is 6.54 Å². The Balaban J connectivity index is 2.05. The first kappa shape index (κ1) is 13.9. The molecule has 1 amide bonds. The molecule has 2 rings (SSSR count). The first-order chi connectivity index (χ1) is 9.74. The second-order valence-corrected chi connectivity index (χ2v) is 4.06. The summed E-state index contributed by atoms with van der Waals surface area (Å²) < 4.78 is 10.6. The molecule has 0 spiro atoms. The van der Waals surface area contributed by atoms with Crippen LogP contribution in [0.4, 0.5) is 0 Å². The Morgan fingerprint density at radius 2 is 2.25 bits per heavy atom. The van der Waals surface area contributed by atoms with Crippen LogP contribution < -0.4 is 14.8 Å². The van der Waals surface area contributed by atoms with Gasteiger partial charge in [0, 0.05) is 11.8 Å². The van der Waals surface area contributed by atoms with E-state index in [4.69, 9.17) is 9.47 Å². The highest BCUT2D eigenvalue weighted by Gasteiger charge is 2.11. The molecule has 0 saturated carbocycles. The summed E-state index contributed by atoms with van der Waals surface area (Å²) in [6, 6.07) is 5.09. The van der Waals surface area contributed by atoms with E-state index in [0.717, 1.165) is 5.69 Å². The summed E-state index contributed by atoms with van der Waals surface area (Å²) in [4.78, 5) is 18.8. The number of aromatic amines is 1. The monoisotopic (exact) mass is 275 g/mol. The number of rotatable bonds is 6. The van der Waals surface area contributed by atoms with Gasteiger partial charge < -0.3 is 19.8 Å². The average molecular weight is 275 g/mol. The lowest BCUT2D eigenvalue weighted by Crippen LogP contribution is -2.23. The van der Waals surface area contributed by atoms with Crippen molar-refractivity contribution < 1.29 is 14.3 Å². The smallest absolute Gasteiger partial charge is 0.251 e. The van der Waals surface area contributed by atoms with Crippen LogP contribution in [-0.4, -0.2) is 29.6 Å². The van der Waals surface area contributed by atoms with Crippen molar-refractivity contribution in [2.24, 2.45) is 0 Å². The van der Waals surface area contributed by atoms with E-state index in [1.54, 1.807) is 37.8 Å². The van der Waals surface area contributed by atoms with E-state index in [1.807, 2.05) is 6.92 Å². The molecule has 0 saturated heterocycles. The van der Waals surface area contributed by atoms with E-state index in [9.17, 15) is 4.79 Å². The number of ether oxygens (including phenoxy) is 2. The highest BCUT2D eigenvalue weighted by Crippen LogP contribution is 2.27. The maximum Gasteiger partial charge on any atom is 0.251 e. The second kappa shape index (κ2) is 6.60. The number of nitrogens with one attached hydrogen (secondary N) is 2. The Labute approximate surface area is 117 Å². The van der Waals surface area contributed by atoms with Gasteiger partial charge in [-0.2, -0.15) is 0 Å². The van der Waals surface area contributed by atoms with Crippen LogP contribution in [0.5, 0.6) is 11.5 Å². The van der Waals surface area contributed by atoms with Gasteiger partial charge in [-0.1, -0.05) is 0 Å². The lowest BCUT2D eigenvalue weighted by atomic mass is 10.2. The maximum atomic E-state index is 12.0. The van der Waals surface area contributed by atoms with Crippen LogP contribution in [0.25, 0.3) is 0 Å². The Hall–Kier alpha value is -2.50. The number of hydrogen-bond donors (Lipinski definition) is 2. The van der Waals surface area contributed by atoms with Gasteiger partial charge in [0.25, 0.3) is 5.91 Å². The molecule has 20 heavy (non-hydrogen) atoms. The normalized spacial score (nSPS) is 10.1. The third-order valence-electron chi connectivity index (χ3n) is 2.72. The maximum absolute atomic E-state index is 12.0. The van der Waals surface area contributed by atoms with E-state index in [1.165, 1.54) is 0 Å². The number of hydrogen-bond acceptors (Lipinski definition) is 4. The number of aromatic nitrogens is 2. The lowest BCUT2D eigenvalue weighted by molar-refractivity contribution is 0.0950. The van der Waals surface area contributed by atoms with Crippen LogP contribution in [0, 0.1) is 0 Å². The van der Waals surface area contributed by atoms with Crippen molar-refractivity contribution in [3.8, 4) is 11.5 Å². The summed E-state index contributed by atoms with van der Waals surface area (Å²) in [5.41, 5.74) is 1.36. The fourth-order valence-corrected chi connectivity index (χ4v) is 1.74. The van der Waals surface area contributed by atoms with Gasteiger partial charge in [0.1, 0.15) is 0 Å². The van der Waals surface area contributed by atoms with Crippen molar-refractivity contribution in [1.82, 2.24) is 15.3 Å². The van der Waals surface area contributed by atoms with E-state index >= 15 is 0 Å². The molecule has 106 valence electrons. The van der Waals surface area contributed by atoms with E-state index in [-0.39, 0.29) is 5.91 Å². The lowest BCUT2D eigenvalue weighted by Gasteiger charge is -2.11. The predicted octanol–water partition coefficient (Wildman–Crippen LogP) is 1.75. The van der Waals surface area contributed by atoms with Crippen LogP contribution >= 0.6 is 0 Å². The summed E-state index contributed by atoms with van der Waals surface area (Å²) in [7, 11) is 1.55. The summed E-state index contributed by atoms with van der Waals surface area (Å²) >= 11 is 0. The van der Waals surface area contributed by atoms with Crippen LogP contribution in [0.2, 0.25) is 0 Å². The summed E-state index contributed by atoms with van der Waals surface area (Å²) in [6.07, 6.45) is 3.24. The molecule has 1 aromatic carbocycles. The van der Waals surface area contributed by atoms with Gasteiger partial charge >= 0.3 is 0 Å². The minimum absolute atomic E-state index is 0.180. The van der Waals surface area contributed by atoms with Crippen molar-refractivity contribution in [3.63, 3.8) is 0 Å². The molecule has 0 aliphatic carbocycles. The van der Waals surface area contributed by atoms with Gasteiger partial charge in [-0.05, 0) is 25.1 Å². The Morgan fingerprint density at radius 3 is 2.90 bits per heavy atom. The number of carbonyl (C=O) groups is 1. The van der Waals surface area contributed by atoms with Crippen LogP contribution in [0.1, 0.15) is 23.0 Å². The number of carbonyl (C=O) groups excluding carboxylic acids is 1. The van der Waals surface area contributed by atoms with E-state index < -0.39 is 0 Å². The zero-order valence-electron chi connectivity index (χ0n) is 11.5. The van der Waals surface area contributed by atoms with Crippen molar-refractivity contribution in [2.45, 2.75) is 13.5 Å². The molecule has 0 unspecified atom stereocenters. The molecular formula is C14H17N3O3. The Bertz CT molecular complexity index is 567. The summed E-state index contributed by atoms with van der Waals surface area (Å²) in [6.45, 7) is 2.83. The molecule has 6 nitrogen and oxygen atoms in total. The second-order valence-electron chi connectivity index (χ2n) is 4.06. The van der Waals surface area contributed by atoms with Crippen molar-refractivity contribution in [3.05, 3.63) is 42.0 Å². The SMILES string of the molecule is CCOc1ccc(C(=O)NCc2cnc[nH]2)cc1OC. The molecule has 2 N–H and O–H groups in total. The molecule has 0 radical (unpaired) electrons. The first-order valence-corrected chi connectivity index (χ1v) is 6.31. The van der Waals surface area contributed by atoms with Gasteiger partial charge in [-0.15, -0.1) is 0 Å². The van der Waals surface area contributed by atoms with Gasteiger partial charge in [-0.25, -0.2) is 4.98 Å². The quantitative estimate of drug-likeness (QED) is 0.842. The summed E-state index contributed by atoms with van der Waals surface area (Å²) in [5, 5.41) is 2.80. The highest BCUT2D eigenvalue weighted by molar-refractivity contribution is 5.94. The van der Waals surface area contributed by atoms with Crippen LogP contribution in [0.3, 0.4) is 0 Å². The molecule has 0 aliphatic rings. The number of nitrogens with zero attached hydrogens (tertiary/aromatic N) is 1. The van der Waals surface area contributed by atoms with Gasteiger partial charge in [0.15, 0.2) is 11.5 Å². The Morgan fingerprint density at radius 1 is 1.40 bits per heavy atom. The average Bonchev–Trinajstić information content (AvgIpc) is 2.98. The Kier molecular flexibility index (Phi) is 4.60. The molecule has 0 fully saturated rings. The largest absolute Gasteiger partial charge is 0.493 e. The predicted molar refractivity (Wildman–Crippen MR) is 73.9 cm³/mol. The number of H-pyrrole nitrogens is 1. The first-order valence-electron chi connectivity index (χ1n) is 6.31. The zero-order chi connectivity index (χ0) is 14.4. The number of methoxy groups -OCH3 is 1. The third-order valence-corrected chi connectivity index (χ3v) is 2.72. The fourth-order valence-electron chi connectivity index (χ4n) is 1.74. The van der Waals surface area contributed by atoms with Gasteiger partial charge in [0.2, 0.25) is 0 Å². The molecule has 1 aromatic heterocycles. The van der Waals surface area contributed by atoms with Crippen LogP contribution in [0.15, 0.2) is 30.7 Å². The molecular weight excluding hydrogens is 258 g/mol. The third kappa shape index (κ3) is 3.28. The minimum atomic E-state index is -0.180. The highest BCUT2D eigenvalue weighted by atomic mass is 16.5. The number of amides is 1. The van der Waals surface area contributed by atoms with Crippen molar-refractivity contribution in [2.75, 3.05) is 13.7 Å². The molecule has 1 heterocycles. The molecule has 2 aromatic rings. The molecule has 6 heteroatoms. The molecule has 0 aliphatic heterocycles. The van der Waals surface area contributed by atoms with E-state index in [2.05, 4.69) is 15.3 Å². The minimum Gasteiger partial charge on any atom is -0.493 e. The molecule has 0 bridgehead atoms. The number of imidazole rings is 1. The van der Waals surface area contributed by atoms with Gasteiger partial charge in [-0.3, -0.25) is 4.79 Å². The fraction of sp³-hybridized carbons (Fsp3) is 0.286.